The van der Waals surface area contributed by atoms with Crippen LogP contribution >= 0.6 is 0 Å². The predicted octanol–water partition coefficient (Wildman–Crippen LogP) is 1.92. The molecule has 0 spiro atoms. The van der Waals surface area contributed by atoms with Crippen molar-refractivity contribution in [2.45, 2.75) is 39.2 Å². The van der Waals surface area contributed by atoms with E-state index < -0.39 is 6.04 Å². The zero-order valence-corrected chi connectivity index (χ0v) is 13.5. The van der Waals surface area contributed by atoms with Crippen molar-refractivity contribution >= 4 is 11.9 Å². The number of aryl methyl sites for hydroxylation is 1. The number of amides is 3. The minimum atomic E-state index is -0.442. The fourth-order valence-corrected chi connectivity index (χ4v) is 2.70. The molecule has 1 aromatic carbocycles. The van der Waals surface area contributed by atoms with Crippen LogP contribution in [0.1, 0.15) is 37.3 Å². The van der Waals surface area contributed by atoms with Gasteiger partial charge in [0.15, 0.2) is 0 Å². The molecule has 3 atom stereocenters. The van der Waals surface area contributed by atoms with Gasteiger partial charge in [0.1, 0.15) is 6.04 Å². The smallest absolute Gasteiger partial charge is 0.315 e. The molecule has 2 rings (SSSR count). The maximum Gasteiger partial charge on any atom is 0.315 e. The molecule has 0 unspecified atom stereocenters. The molecule has 1 aliphatic rings. The van der Waals surface area contributed by atoms with Gasteiger partial charge in [0.05, 0.1) is 0 Å². The second-order valence-corrected chi connectivity index (χ2v) is 6.20. The van der Waals surface area contributed by atoms with Gasteiger partial charge in [0, 0.05) is 13.1 Å². The first kappa shape index (κ1) is 16.3. The van der Waals surface area contributed by atoms with Gasteiger partial charge in [-0.15, -0.1) is 0 Å². The maximum absolute atomic E-state index is 12.0. The molecule has 0 saturated carbocycles. The summed E-state index contributed by atoms with van der Waals surface area (Å²) < 4.78 is 0. The highest BCUT2D eigenvalue weighted by atomic mass is 16.2. The zero-order chi connectivity index (χ0) is 16.1. The van der Waals surface area contributed by atoms with Crippen molar-refractivity contribution in [2.75, 3.05) is 13.1 Å². The molecule has 120 valence electrons. The third-order valence-corrected chi connectivity index (χ3v) is 4.22. The summed E-state index contributed by atoms with van der Waals surface area (Å²) in [6, 6.07) is 7.54. The molecule has 0 bridgehead atoms. The van der Waals surface area contributed by atoms with Gasteiger partial charge in [-0.2, -0.15) is 0 Å². The van der Waals surface area contributed by atoms with Crippen LogP contribution < -0.4 is 16.0 Å². The molecule has 1 fully saturated rings. The minimum Gasteiger partial charge on any atom is -0.354 e. The van der Waals surface area contributed by atoms with Crippen molar-refractivity contribution in [1.82, 2.24) is 16.0 Å². The van der Waals surface area contributed by atoms with Crippen LogP contribution in [0.3, 0.4) is 0 Å². The summed E-state index contributed by atoms with van der Waals surface area (Å²) >= 11 is 0. The molecule has 1 saturated heterocycles. The summed E-state index contributed by atoms with van der Waals surface area (Å²) in [5.74, 6) is 0.289. The van der Waals surface area contributed by atoms with E-state index in [0.29, 0.717) is 13.1 Å². The summed E-state index contributed by atoms with van der Waals surface area (Å²) in [6.45, 7) is 7.34. The van der Waals surface area contributed by atoms with E-state index in [9.17, 15) is 9.59 Å². The lowest BCUT2D eigenvalue weighted by molar-refractivity contribution is -0.125. The average Bonchev–Trinajstić information content (AvgIpc) is 2.48. The quantitative estimate of drug-likeness (QED) is 0.795. The van der Waals surface area contributed by atoms with Crippen LogP contribution in [-0.4, -0.2) is 31.1 Å². The Balaban J connectivity index is 1.83. The molecule has 0 aliphatic carbocycles. The van der Waals surface area contributed by atoms with E-state index in [0.717, 1.165) is 6.42 Å². The molecule has 0 aromatic heterocycles. The molecular formula is C17H25N3O2. The second kappa shape index (κ2) is 7.29. The Morgan fingerprint density at radius 2 is 2.23 bits per heavy atom. The van der Waals surface area contributed by atoms with Crippen LogP contribution in [0.5, 0.6) is 0 Å². The first-order valence-electron chi connectivity index (χ1n) is 7.86. The fourth-order valence-electron chi connectivity index (χ4n) is 2.70. The Bertz CT molecular complexity index is 544. The van der Waals surface area contributed by atoms with Crippen molar-refractivity contribution in [2.24, 2.45) is 5.92 Å². The van der Waals surface area contributed by atoms with Crippen LogP contribution in [0.25, 0.3) is 0 Å². The third kappa shape index (κ3) is 4.23. The van der Waals surface area contributed by atoms with E-state index in [4.69, 9.17) is 0 Å². The van der Waals surface area contributed by atoms with Crippen LogP contribution in [-0.2, 0) is 4.79 Å². The number of urea groups is 1. The Kier molecular flexibility index (Phi) is 5.41. The topological polar surface area (TPSA) is 70.2 Å². The zero-order valence-electron chi connectivity index (χ0n) is 13.5. The molecule has 5 nitrogen and oxygen atoms in total. The van der Waals surface area contributed by atoms with Gasteiger partial charge >= 0.3 is 6.03 Å². The van der Waals surface area contributed by atoms with Crippen LogP contribution in [0.2, 0.25) is 0 Å². The number of nitrogens with one attached hydrogen (secondary N) is 3. The van der Waals surface area contributed by atoms with E-state index in [1.807, 2.05) is 13.0 Å². The van der Waals surface area contributed by atoms with Gasteiger partial charge < -0.3 is 16.0 Å². The molecule has 3 N–H and O–H groups in total. The lowest BCUT2D eigenvalue weighted by Crippen LogP contribution is -2.56. The highest BCUT2D eigenvalue weighted by Crippen LogP contribution is 2.15. The summed E-state index contributed by atoms with van der Waals surface area (Å²) in [7, 11) is 0. The molecule has 1 heterocycles. The number of carbonyl (C=O) groups excluding carboxylic acids is 2. The second-order valence-electron chi connectivity index (χ2n) is 6.20. The molecular weight excluding hydrogens is 278 g/mol. The Labute approximate surface area is 131 Å². The average molecular weight is 303 g/mol. The number of hydrogen-bond donors (Lipinski definition) is 3. The van der Waals surface area contributed by atoms with Gasteiger partial charge in [-0.05, 0) is 30.7 Å². The number of hydrogen-bond acceptors (Lipinski definition) is 2. The summed E-state index contributed by atoms with van der Waals surface area (Å²) in [5.41, 5.74) is 2.41. The SMILES string of the molecule is Cc1cccc([C@H](C)CNC(=O)N[C@H]2C(=O)NCC[C@H]2C)c1. The van der Waals surface area contributed by atoms with E-state index in [-0.39, 0.29) is 23.8 Å². The van der Waals surface area contributed by atoms with E-state index in [2.05, 4.69) is 48.0 Å². The minimum absolute atomic E-state index is 0.0966. The highest BCUT2D eigenvalue weighted by Gasteiger charge is 2.29. The van der Waals surface area contributed by atoms with Crippen LogP contribution in [0.4, 0.5) is 4.79 Å². The number of piperidine rings is 1. The van der Waals surface area contributed by atoms with E-state index >= 15 is 0 Å². The molecule has 22 heavy (non-hydrogen) atoms. The fraction of sp³-hybridized carbons (Fsp3) is 0.529. The van der Waals surface area contributed by atoms with Crippen molar-refractivity contribution in [3.63, 3.8) is 0 Å². The van der Waals surface area contributed by atoms with Crippen molar-refractivity contribution in [3.8, 4) is 0 Å². The summed E-state index contributed by atoms with van der Waals surface area (Å²) in [5, 5.41) is 8.42. The van der Waals surface area contributed by atoms with Crippen LogP contribution in [0.15, 0.2) is 24.3 Å². The summed E-state index contributed by atoms with van der Waals surface area (Å²) in [4.78, 5) is 23.8. The first-order valence-corrected chi connectivity index (χ1v) is 7.86. The highest BCUT2D eigenvalue weighted by molar-refractivity contribution is 5.87. The predicted molar refractivity (Wildman–Crippen MR) is 86.7 cm³/mol. The van der Waals surface area contributed by atoms with E-state index in [1.54, 1.807) is 0 Å². The Morgan fingerprint density at radius 1 is 1.45 bits per heavy atom. The van der Waals surface area contributed by atoms with Crippen LogP contribution in [0, 0.1) is 12.8 Å². The molecule has 3 amide bonds. The standard InChI is InChI=1S/C17H25N3O2/c1-11-5-4-6-14(9-11)13(3)10-19-17(22)20-15-12(2)7-8-18-16(15)21/h4-6,9,12-13,15H,7-8,10H2,1-3H3,(H,18,21)(H2,19,20,22)/t12-,13-,15-/m1/s1. The largest absolute Gasteiger partial charge is 0.354 e. The number of carbonyl (C=O) groups is 2. The number of benzene rings is 1. The normalized spacial score (nSPS) is 22.6. The monoisotopic (exact) mass is 303 g/mol. The number of rotatable bonds is 4. The van der Waals surface area contributed by atoms with Gasteiger partial charge in [-0.1, -0.05) is 43.7 Å². The van der Waals surface area contributed by atoms with Gasteiger partial charge in [-0.3, -0.25) is 4.79 Å². The molecule has 5 heteroatoms. The molecule has 1 aromatic rings. The van der Waals surface area contributed by atoms with Gasteiger partial charge in [-0.25, -0.2) is 4.79 Å². The van der Waals surface area contributed by atoms with Gasteiger partial charge in [0.25, 0.3) is 0 Å². The lowest BCUT2D eigenvalue weighted by Gasteiger charge is -2.29. The third-order valence-electron chi connectivity index (χ3n) is 4.22. The first-order chi connectivity index (χ1) is 10.5. The molecule has 1 aliphatic heterocycles. The Morgan fingerprint density at radius 3 is 2.91 bits per heavy atom. The van der Waals surface area contributed by atoms with Crippen molar-refractivity contribution < 1.29 is 9.59 Å². The molecule has 0 radical (unpaired) electrons. The van der Waals surface area contributed by atoms with E-state index in [1.165, 1.54) is 11.1 Å². The lowest BCUT2D eigenvalue weighted by atomic mass is 9.94. The van der Waals surface area contributed by atoms with Crippen molar-refractivity contribution in [3.05, 3.63) is 35.4 Å². The van der Waals surface area contributed by atoms with Gasteiger partial charge in [0.2, 0.25) is 5.91 Å². The van der Waals surface area contributed by atoms with Crippen molar-refractivity contribution in [1.29, 1.82) is 0 Å². The Hall–Kier alpha value is -2.04. The summed E-state index contributed by atoms with van der Waals surface area (Å²) in [6.07, 6.45) is 0.885. The maximum atomic E-state index is 12.0.